The predicted octanol–water partition coefficient (Wildman–Crippen LogP) is 4.44. The van der Waals surface area contributed by atoms with Crippen LogP contribution in [0.3, 0.4) is 0 Å². The third kappa shape index (κ3) is 6.95. The van der Waals surface area contributed by atoms with E-state index in [0.717, 1.165) is 54.3 Å². The highest BCUT2D eigenvalue weighted by atomic mass is 32.2. The van der Waals surface area contributed by atoms with Crippen molar-refractivity contribution >= 4 is 49.8 Å². The van der Waals surface area contributed by atoms with E-state index in [-0.39, 0.29) is 30.2 Å². The van der Waals surface area contributed by atoms with Crippen LogP contribution >= 0.6 is 0 Å². The second kappa shape index (κ2) is 13.5. The van der Waals surface area contributed by atoms with Gasteiger partial charge >= 0.3 is 0 Å². The lowest BCUT2D eigenvalue weighted by Gasteiger charge is -2.35. The number of rotatable bonds is 9. The van der Waals surface area contributed by atoms with Gasteiger partial charge in [-0.15, -0.1) is 0 Å². The largest absolute Gasteiger partial charge is 0.378 e. The molecule has 13 heteroatoms. The van der Waals surface area contributed by atoms with E-state index in [1.807, 2.05) is 22.1 Å². The second-order valence-corrected chi connectivity index (χ2v) is 14.8. The molecule has 0 bridgehead atoms. The number of nitrogens with one attached hydrogen (secondary N) is 1. The number of pyridine rings is 1. The molecule has 5 heterocycles. The molecule has 0 spiro atoms. The van der Waals surface area contributed by atoms with Gasteiger partial charge in [0, 0.05) is 63.0 Å². The number of halogens is 1. The molecule has 1 aromatic carbocycles. The Morgan fingerprint density at radius 3 is 2.65 bits per heavy atom. The summed E-state index contributed by atoms with van der Waals surface area (Å²) in [6.07, 6.45) is 8.68. The number of hydrogen-bond donors (Lipinski definition) is 1. The number of alkyl halides is 1. The number of carbonyl (C=O) groups is 1. The molecule has 0 aliphatic carbocycles. The highest BCUT2D eigenvalue weighted by Crippen LogP contribution is 2.41. The number of nitrogens with zero attached hydrogens (tertiary/aromatic N) is 6. The molecule has 3 aliphatic rings. The molecule has 0 unspecified atom stereocenters. The van der Waals surface area contributed by atoms with Gasteiger partial charge in [-0.2, -0.15) is 4.98 Å². The molecule has 0 radical (unpaired) electrons. The van der Waals surface area contributed by atoms with E-state index >= 15 is 0 Å². The second-order valence-electron chi connectivity index (χ2n) is 12.6. The van der Waals surface area contributed by atoms with E-state index in [1.165, 1.54) is 19.4 Å². The SMILES string of the molecule is C=CC(=O)N1CCC[C@H]1c1ccc(N2CCC[C@H](CS(C)(=O)=O)C2)c2cnc(Nc3ccnc(N4CC[C@@H](OC)[C@@H](F)C4)n3)cc12. The smallest absolute Gasteiger partial charge is 0.246 e. The molecule has 3 aromatic rings. The number of likely N-dealkylation sites (tertiary alicyclic amines) is 1. The summed E-state index contributed by atoms with van der Waals surface area (Å²) in [5.74, 6) is 1.68. The number of fused-ring (bicyclic) bond motifs is 1. The maximum atomic E-state index is 14.6. The number of benzene rings is 1. The van der Waals surface area contributed by atoms with Crippen molar-refractivity contribution in [3.05, 3.63) is 54.9 Å². The number of carbonyl (C=O) groups excluding carboxylic acids is 1. The quantitative estimate of drug-likeness (QED) is 0.333. The molecule has 3 saturated heterocycles. The molecule has 6 rings (SSSR count). The third-order valence-electron chi connectivity index (χ3n) is 9.35. The van der Waals surface area contributed by atoms with Crippen molar-refractivity contribution in [2.45, 2.75) is 50.4 Å². The minimum atomic E-state index is -3.09. The first-order chi connectivity index (χ1) is 22.1. The normalized spacial score (nSPS) is 23.9. The molecule has 3 aliphatic heterocycles. The third-order valence-corrected chi connectivity index (χ3v) is 10.4. The van der Waals surface area contributed by atoms with Crippen LogP contribution in [-0.2, 0) is 19.4 Å². The number of aromatic nitrogens is 3. The van der Waals surface area contributed by atoms with E-state index in [4.69, 9.17) is 9.72 Å². The van der Waals surface area contributed by atoms with Gasteiger partial charge in [0.2, 0.25) is 11.9 Å². The summed E-state index contributed by atoms with van der Waals surface area (Å²) < 4.78 is 44.0. The molecule has 246 valence electrons. The van der Waals surface area contributed by atoms with E-state index in [0.29, 0.717) is 43.6 Å². The first kappa shape index (κ1) is 32.1. The summed E-state index contributed by atoms with van der Waals surface area (Å²) in [6.45, 7) is 6.60. The fourth-order valence-electron chi connectivity index (χ4n) is 7.23. The molecular formula is C33H42FN7O4S. The highest BCUT2D eigenvalue weighted by molar-refractivity contribution is 7.90. The van der Waals surface area contributed by atoms with Crippen LogP contribution in [0.15, 0.2) is 49.3 Å². The van der Waals surface area contributed by atoms with Gasteiger partial charge in [-0.05, 0) is 73.2 Å². The Labute approximate surface area is 269 Å². The van der Waals surface area contributed by atoms with Crippen LogP contribution in [0.1, 0.15) is 43.7 Å². The van der Waals surface area contributed by atoms with Gasteiger partial charge in [-0.1, -0.05) is 12.6 Å². The van der Waals surface area contributed by atoms with E-state index in [9.17, 15) is 17.6 Å². The summed E-state index contributed by atoms with van der Waals surface area (Å²) in [4.78, 5) is 32.6. The number of ether oxygens (including phenoxy) is 1. The molecular weight excluding hydrogens is 609 g/mol. The Kier molecular flexibility index (Phi) is 9.42. The standard InChI is InChI=1S/C33H42FN7O4S/c1-4-32(42)41-15-6-8-28(41)23-9-10-27(39-14-5-7-22(19-39)21-46(3,43)44)25-18-36-31(17-24(23)25)37-30-11-13-35-33(38-30)40-16-12-29(45-2)26(34)20-40/h4,9-11,13,17-18,22,26,28-29H,1,5-8,12,14-16,19-21H2,2-3H3,(H,35,36,37,38)/t22-,26-,28-,29+/m0/s1. The molecule has 4 atom stereocenters. The average molecular weight is 652 g/mol. The number of methoxy groups -OCH3 is 1. The van der Waals surface area contributed by atoms with Crippen LogP contribution < -0.4 is 15.1 Å². The lowest BCUT2D eigenvalue weighted by molar-refractivity contribution is -0.126. The van der Waals surface area contributed by atoms with Gasteiger partial charge in [0.05, 0.1) is 24.4 Å². The van der Waals surface area contributed by atoms with Gasteiger partial charge in [-0.3, -0.25) is 4.79 Å². The fourth-order valence-corrected chi connectivity index (χ4v) is 8.36. The van der Waals surface area contributed by atoms with Crippen LogP contribution in [0.25, 0.3) is 10.8 Å². The number of amides is 1. The average Bonchev–Trinajstić information content (AvgIpc) is 3.53. The Balaban J connectivity index is 1.34. The van der Waals surface area contributed by atoms with Crippen molar-refractivity contribution in [3.8, 4) is 0 Å². The summed E-state index contributed by atoms with van der Waals surface area (Å²) in [5, 5.41) is 5.22. The Morgan fingerprint density at radius 1 is 1.07 bits per heavy atom. The van der Waals surface area contributed by atoms with Crippen molar-refractivity contribution in [2.24, 2.45) is 5.92 Å². The minimum absolute atomic E-state index is 0.0582. The molecule has 1 N–H and O–H groups in total. The minimum Gasteiger partial charge on any atom is -0.378 e. The zero-order valence-corrected chi connectivity index (χ0v) is 27.3. The molecule has 0 saturated carbocycles. The molecule has 1 amide bonds. The molecule has 2 aromatic heterocycles. The van der Waals surface area contributed by atoms with Gasteiger partial charge in [0.15, 0.2) is 0 Å². The molecule has 3 fully saturated rings. The van der Waals surface area contributed by atoms with E-state index < -0.39 is 22.1 Å². The van der Waals surface area contributed by atoms with Crippen LogP contribution in [-0.4, -0.2) is 98.3 Å². The van der Waals surface area contributed by atoms with E-state index in [2.05, 4.69) is 38.9 Å². The van der Waals surface area contributed by atoms with Gasteiger partial charge < -0.3 is 24.8 Å². The van der Waals surface area contributed by atoms with Crippen LogP contribution in [0.2, 0.25) is 0 Å². The van der Waals surface area contributed by atoms with E-state index in [1.54, 1.807) is 12.3 Å². The first-order valence-electron chi connectivity index (χ1n) is 15.9. The summed E-state index contributed by atoms with van der Waals surface area (Å²) >= 11 is 0. The Bertz CT molecular complexity index is 1710. The zero-order chi connectivity index (χ0) is 32.4. The van der Waals surface area contributed by atoms with Gasteiger partial charge in [-0.25, -0.2) is 22.8 Å². The summed E-state index contributed by atoms with van der Waals surface area (Å²) in [6, 6.07) is 7.82. The van der Waals surface area contributed by atoms with Gasteiger partial charge in [0.1, 0.15) is 27.6 Å². The number of sulfone groups is 1. The van der Waals surface area contributed by atoms with Crippen molar-refractivity contribution in [2.75, 3.05) is 67.0 Å². The Hall–Kier alpha value is -3.84. The number of anilines is 4. The van der Waals surface area contributed by atoms with Crippen LogP contribution in [0.5, 0.6) is 0 Å². The Morgan fingerprint density at radius 2 is 1.89 bits per heavy atom. The number of hydrogen-bond acceptors (Lipinski definition) is 10. The lowest BCUT2D eigenvalue weighted by Crippen LogP contribution is -2.46. The topological polar surface area (TPSA) is 121 Å². The predicted molar refractivity (Wildman–Crippen MR) is 178 cm³/mol. The highest BCUT2D eigenvalue weighted by Gasteiger charge is 2.32. The van der Waals surface area contributed by atoms with Crippen molar-refractivity contribution in [1.29, 1.82) is 0 Å². The van der Waals surface area contributed by atoms with Crippen LogP contribution in [0.4, 0.5) is 27.7 Å². The fraction of sp³-hybridized carbons (Fsp3) is 0.515. The summed E-state index contributed by atoms with van der Waals surface area (Å²) in [7, 11) is -1.56. The monoisotopic (exact) mass is 651 g/mol. The maximum Gasteiger partial charge on any atom is 0.246 e. The van der Waals surface area contributed by atoms with Gasteiger partial charge in [0.25, 0.3) is 0 Å². The summed E-state index contributed by atoms with van der Waals surface area (Å²) in [5.41, 5.74) is 2.03. The number of piperidine rings is 2. The van der Waals surface area contributed by atoms with Crippen molar-refractivity contribution in [3.63, 3.8) is 0 Å². The molecule has 11 nitrogen and oxygen atoms in total. The zero-order valence-electron chi connectivity index (χ0n) is 26.4. The molecule has 46 heavy (non-hydrogen) atoms. The van der Waals surface area contributed by atoms with Crippen LogP contribution in [0, 0.1) is 5.92 Å². The van der Waals surface area contributed by atoms with Crippen molar-refractivity contribution in [1.82, 2.24) is 19.9 Å². The first-order valence-corrected chi connectivity index (χ1v) is 18.0. The lowest BCUT2D eigenvalue weighted by atomic mass is 9.94. The maximum absolute atomic E-state index is 14.6. The van der Waals surface area contributed by atoms with Crippen molar-refractivity contribution < 1.29 is 22.3 Å².